The van der Waals surface area contributed by atoms with Crippen LogP contribution >= 0.6 is 0 Å². The van der Waals surface area contributed by atoms with Gasteiger partial charge in [0, 0.05) is 38.2 Å². The molecule has 2 aromatic heterocycles. The van der Waals surface area contributed by atoms with Crippen LogP contribution in [0.15, 0.2) is 6.20 Å². The first kappa shape index (κ1) is 21.5. The lowest BCUT2D eigenvalue weighted by molar-refractivity contribution is 0.0963. The average Bonchev–Trinajstić information content (AvgIpc) is 2.58. The quantitative estimate of drug-likeness (QED) is 0.835. The van der Waals surface area contributed by atoms with Gasteiger partial charge >= 0.3 is 0 Å². The fourth-order valence-corrected chi connectivity index (χ4v) is 2.67. The molecule has 0 radical (unpaired) electrons. The topological polar surface area (TPSA) is 104 Å². The van der Waals surface area contributed by atoms with Crippen LogP contribution in [-0.4, -0.2) is 52.1 Å². The summed E-state index contributed by atoms with van der Waals surface area (Å²) in [5, 5.41) is 13.5. The molecule has 2 N–H and O–H groups in total. The monoisotopic (exact) mass is 386 g/mol. The number of carbonyl (C=O) groups excluding carboxylic acids is 1. The summed E-state index contributed by atoms with van der Waals surface area (Å²) in [4.78, 5) is 32.2. The summed E-state index contributed by atoms with van der Waals surface area (Å²) in [6.45, 7) is 11.8. The molecule has 152 valence electrons. The summed E-state index contributed by atoms with van der Waals surface area (Å²) in [6.07, 6.45) is 1.47. The molecule has 0 fully saturated rings. The van der Waals surface area contributed by atoms with E-state index in [9.17, 15) is 9.90 Å². The largest absolute Gasteiger partial charge is 0.504 e. The lowest BCUT2D eigenvalue weighted by Gasteiger charge is -2.26. The van der Waals surface area contributed by atoms with E-state index in [-0.39, 0.29) is 23.0 Å². The van der Waals surface area contributed by atoms with Crippen molar-refractivity contribution in [2.45, 2.75) is 52.4 Å². The molecule has 0 saturated heterocycles. The fraction of sp³-hybridized carbons (Fsp3) is 0.550. The van der Waals surface area contributed by atoms with Crippen molar-refractivity contribution in [2.75, 3.05) is 26.0 Å². The molecule has 0 saturated carbocycles. The van der Waals surface area contributed by atoms with Crippen molar-refractivity contribution in [3.8, 4) is 17.3 Å². The van der Waals surface area contributed by atoms with Crippen LogP contribution in [0.4, 0.5) is 5.95 Å². The number of hydrogen-bond acceptors (Lipinski definition) is 7. The van der Waals surface area contributed by atoms with Gasteiger partial charge < -0.3 is 15.3 Å². The van der Waals surface area contributed by atoms with Gasteiger partial charge in [-0.3, -0.25) is 4.79 Å². The van der Waals surface area contributed by atoms with E-state index in [1.54, 1.807) is 11.9 Å². The molecular weight excluding hydrogens is 356 g/mol. The van der Waals surface area contributed by atoms with Gasteiger partial charge in [0.2, 0.25) is 5.95 Å². The van der Waals surface area contributed by atoms with E-state index in [2.05, 4.69) is 25.3 Å². The average molecular weight is 387 g/mol. The minimum absolute atomic E-state index is 0.0760. The second-order valence-electron chi connectivity index (χ2n) is 9.00. The Morgan fingerprint density at radius 1 is 1.00 bits per heavy atom. The third-order valence-corrected chi connectivity index (χ3v) is 4.16. The molecule has 0 atom stereocenters. The van der Waals surface area contributed by atoms with Crippen molar-refractivity contribution in [1.82, 2.24) is 25.3 Å². The summed E-state index contributed by atoms with van der Waals surface area (Å²) in [5.41, 5.74) is 0.775. The maximum absolute atomic E-state index is 12.4. The zero-order valence-electron chi connectivity index (χ0n) is 18.2. The molecule has 0 aromatic carbocycles. The van der Waals surface area contributed by atoms with Gasteiger partial charge in [0.15, 0.2) is 11.6 Å². The molecule has 8 nitrogen and oxygen atoms in total. The van der Waals surface area contributed by atoms with Gasteiger partial charge in [0.1, 0.15) is 5.69 Å². The van der Waals surface area contributed by atoms with Crippen LogP contribution in [0.2, 0.25) is 0 Å². The fourth-order valence-electron chi connectivity index (χ4n) is 2.67. The van der Waals surface area contributed by atoms with Gasteiger partial charge in [-0.05, 0) is 0 Å². The van der Waals surface area contributed by atoms with Gasteiger partial charge in [-0.25, -0.2) is 19.9 Å². The Bertz CT molecular complexity index is 860. The smallest absolute Gasteiger partial charge is 0.254 e. The second-order valence-corrected chi connectivity index (χ2v) is 9.00. The second kappa shape index (κ2) is 7.33. The molecule has 2 rings (SSSR count). The molecular formula is C20H30N6O2. The van der Waals surface area contributed by atoms with Gasteiger partial charge in [-0.2, -0.15) is 0 Å². The van der Waals surface area contributed by atoms with Gasteiger partial charge in [-0.15, -0.1) is 0 Å². The Labute approximate surface area is 166 Å². The van der Waals surface area contributed by atoms with Crippen LogP contribution in [0, 0.1) is 0 Å². The highest BCUT2D eigenvalue weighted by Gasteiger charge is 2.31. The maximum atomic E-state index is 12.4. The highest BCUT2D eigenvalue weighted by Crippen LogP contribution is 2.38. The van der Waals surface area contributed by atoms with E-state index in [0.717, 1.165) is 0 Å². The highest BCUT2D eigenvalue weighted by atomic mass is 16.3. The van der Waals surface area contributed by atoms with Crippen LogP contribution in [0.3, 0.4) is 0 Å². The van der Waals surface area contributed by atoms with Crippen LogP contribution in [0.5, 0.6) is 5.75 Å². The molecule has 1 amide bonds. The molecule has 28 heavy (non-hydrogen) atoms. The van der Waals surface area contributed by atoms with Crippen LogP contribution < -0.4 is 10.2 Å². The summed E-state index contributed by atoms with van der Waals surface area (Å²) < 4.78 is 0. The predicted molar refractivity (Wildman–Crippen MR) is 110 cm³/mol. The zero-order valence-corrected chi connectivity index (χ0v) is 18.2. The van der Waals surface area contributed by atoms with Crippen LogP contribution in [0.1, 0.15) is 63.3 Å². The normalized spacial score (nSPS) is 12.0. The molecule has 0 bridgehead atoms. The number of aromatic hydroxyl groups is 1. The van der Waals surface area contributed by atoms with E-state index in [1.165, 1.54) is 6.20 Å². The highest BCUT2D eigenvalue weighted by molar-refractivity contribution is 5.99. The van der Waals surface area contributed by atoms with E-state index in [4.69, 9.17) is 0 Å². The van der Waals surface area contributed by atoms with Crippen LogP contribution in [0.25, 0.3) is 11.5 Å². The zero-order chi connectivity index (χ0) is 21.4. The number of hydrogen-bond donors (Lipinski definition) is 2. The standard InChI is InChI=1S/C20H30N6O2/c1-19(2,3)14-13(27)15(20(4,5)6)25-16(24-14)12-11(17(28)21-7)10-22-18(23-12)26(8)9/h10,27H,1-9H3,(H,21,28). The Kier molecular flexibility index (Phi) is 5.64. The maximum Gasteiger partial charge on any atom is 0.254 e. The first-order valence-corrected chi connectivity index (χ1v) is 9.16. The van der Waals surface area contributed by atoms with Gasteiger partial charge in [-0.1, -0.05) is 41.5 Å². The third kappa shape index (κ3) is 4.21. The van der Waals surface area contributed by atoms with E-state index in [0.29, 0.717) is 23.0 Å². The minimum atomic E-state index is -0.424. The summed E-state index contributed by atoms with van der Waals surface area (Å²) in [6, 6.07) is 0. The number of aromatic nitrogens is 4. The first-order valence-electron chi connectivity index (χ1n) is 9.16. The number of nitrogens with zero attached hydrogens (tertiary/aromatic N) is 5. The molecule has 2 aromatic rings. The van der Waals surface area contributed by atoms with Crippen molar-refractivity contribution < 1.29 is 9.90 Å². The first-order chi connectivity index (χ1) is 12.8. The Hall–Kier alpha value is -2.77. The van der Waals surface area contributed by atoms with Gasteiger partial charge in [0.05, 0.1) is 17.0 Å². The molecule has 8 heteroatoms. The van der Waals surface area contributed by atoms with Crippen molar-refractivity contribution in [2.24, 2.45) is 0 Å². The molecule has 0 unspecified atom stereocenters. The molecule has 0 aliphatic heterocycles. The van der Waals surface area contributed by atoms with Crippen LogP contribution in [-0.2, 0) is 10.8 Å². The van der Waals surface area contributed by atoms with E-state index >= 15 is 0 Å². The number of nitrogens with one attached hydrogen (secondary N) is 1. The van der Waals surface area contributed by atoms with Crippen molar-refractivity contribution in [3.05, 3.63) is 23.1 Å². The van der Waals surface area contributed by atoms with Crippen molar-refractivity contribution >= 4 is 11.9 Å². The summed E-state index contributed by atoms with van der Waals surface area (Å²) in [7, 11) is 5.18. The number of rotatable bonds is 3. The number of carbonyl (C=O) groups is 1. The molecule has 0 spiro atoms. The molecule has 0 aliphatic rings. The molecule has 2 heterocycles. The Morgan fingerprint density at radius 3 is 1.89 bits per heavy atom. The summed E-state index contributed by atoms with van der Waals surface area (Å²) in [5.74, 6) is 0.476. The Balaban J connectivity index is 2.90. The SMILES string of the molecule is CNC(=O)c1cnc(N(C)C)nc1-c1nc(C(C)(C)C)c(O)c(C(C)(C)C)n1. The Morgan fingerprint density at radius 2 is 1.50 bits per heavy atom. The van der Waals surface area contributed by atoms with E-state index < -0.39 is 10.8 Å². The van der Waals surface area contributed by atoms with E-state index in [1.807, 2.05) is 55.6 Å². The third-order valence-electron chi connectivity index (χ3n) is 4.16. The van der Waals surface area contributed by atoms with Gasteiger partial charge in [0.25, 0.3) is 5.91 Å². The number of amides is 1. The lowest BCUT2D eigenvalue weighted by atomic mass is 9.85. The lowest BCUT2D eigenvalue weighted by Crippen LogP contribution is -2.24. The predicted octanol–water partition coefficient (Wildman–Crippen LogP) is 2.66. The van der Waals surface area contributed by atoms with Crippen molar-refractivity contribution in [3.63, 3.8) is 0 Å². The summed E-state index contributed by atoms with van der Waals surface area (Å²) >= 11 is 0. The minimum Gasteiger partial charge on any atom is -0.504 e. The molecule has 0 aliphatic carbocycles. The number of anilines is 1. The van der Waals surface area contributed by atoms with Crippen molar-refractivity contribution in [1.29, 1.82) is 0 Å².